The summed E-state index contributed by atoms with van der Waals surface area (Å²) in [5.74, 6) is 0.253. The van der Waals surface area contributed by atoms with Crippen LogP contribution in [-0.4, -0.2) is 41.1 Å². The number of anilines is 1. The van der Waals surface area contributed by atoms with E-state index >= 15 is 0 Å². The Bertz CT molecular complexity index is 1100. The minimum atomic E-state index is -3.59. The lowest BCUT2D eigenvalue weighted by atomic mass is 10.1. The van der Waals surface area contributed by atoms with E-state index in [4.69, 9.17) is 9.47 Å². The van der Waals surface area contributed by atoms with Crippen molar-refractivity contribution >= 4 is 33.0 Å². The molecule has 1 aromatic heterocycles. The molecule has 33 heavy (non-hydrogen) atoms. The third-order valence-electron chi connectivity index (χ3n) is 4.96. The van der Waals surface area contributed by atoms with Crippen LogP contribution in [0.5, 0.6) is 5.75 Å². The number of thiophene rings is 1. The van der Waals surface area contributed by atoms with E-state index < -0.39 is 10.0 Å². The number of sulfonamides is 1. The number of amides is 1. The molecule has 7 nitrogen and oxygen atoms in total. The van der Waals surface area contributed by atoms with Crippen molar-refractivity contribution in [2.24, 2.45) is 0 Å². The van der Waals surface area contributed by atoms with Gasteiger partial charge in [0.1, 0.15) is 9.96 Å². The molecule has 0 fully saturated rings. The summed E-state index contributed by atoms with van der Waals surface area (Å²) in [4.78, 5) is 12.0. The molecule has 0 saturated heterocycles. The molecule has 0 spiro atoms. The van der Waals surface area contributed by atoms with Crippen molar-refractivity contribution in [3.05, 3.63) is 77.7 Å². The van der Waals surface area contributed by atoms with Crippen molar-refractivity contribution in [1.29, 1.82) is 0 Å². The number of rotatable bonds is 12. The highest BCUT2D eigenvalue weighted by atomic mass is 32.2. The fourth-order valence-corrected chi connectivity index (χ4v) is 5.37. The number of hydrogen-bond acceptors (Lipinski definition) is 6. The predicted molar refractivity (Wildman–Crippen MR) is 130 cm³/mol. The third-order valence-corrected chi connectivity index (χ3v) is 8.12. The zero-order valence-corrected chi connectivity index (χ0v) is 20.3. The Morgan fingerprint density at radius 3 is 2.45 bits per heavy atom. The first kappa shape index (κ1) is 24.8. The topological polar surface area (TPSA) is 84.9 Å². The van der Waals surface area contributed by atoms with Gasteiger partial charge in [0.15, 0.2) is 6.61 Å². The number of nitrogens with zero attached hydrogens (tertiary/aromatic N) is 1. The molecule has 0 radical (unpaired) electrons. The molecule has 1 unspecified atom stereocenters. The van der Waals surface area contributed by atoms with Crippen LogP contribution in [-0.2, 0) is 19.6 Å². The summed E-state index contributed by atoms with van der Waals surface area (Å²) in [7, 11) is -2.08. The van der Waals surface area contributed by atoms with Crippen LogP contribution < -0.4 is 14.4 Å². The highest BCUT2D eigenvalue weighted by Gasteiger charge is 2.22. The Balaban J connectivity index is 1.36. The Kier molecular flexibility index (Phi) is 8.87. The van der Waals surface area contributed by atoms with E-state index in [2.05, 4.69) is 5.32 Å². The molecule has 176 valence electrons. The summed E-state index contributed by atoms with van der Waals surface area (Å²) in [6, 6.07) is 19.8. The van der Waals surface area contributed by atoms with Crippen LogP contribution in [0, 0.1) is 0 Å². The molecule has 1 heterocycles. The van der Waals surface area contributed by atoms with Gasteiger partial charge in [0.25, 0.3) is 15.9 Å². The van der Waals surface area contributed by atoms with Gasteiger partial charge in [-0.05, 0) is 54.6 Å². The molecular weight excluding hydrogens is 460 g/mol. The number of carbonyl (C=O) groups is 1. The first-order valence-corrected chi connectivity index (χ1v) is 12.9. The molecular formula is C24H28N2O5S2. The summed E-state index contributed by atoms with van der Waals surface area (Å²) < 4.78 is 38.0. The maximum atomic E-state index is 12.6. The van der Waals surface area contributed by atoms with Crippen LogP contribution in [0.4, 0.5) is 5.69 Å². The number of ether oxygens (including phenoxy) is 2. The van der Waals surface area contributed by atoms with Crippen molar-refractivity contribution in [2.45, 2.75) is 23.7 Å². The van der Waals surface area contributed by atoms with E-state index in [1.54, 1.807) is 41.8 Å². The molecule has 2 aromatic carbocycles. The smallest absolute Gasteiger partial charge is 0.273 e. The monoisotopic (exact) mass is 488 g/mol. The molecule has 0 saturated carbocycles. The van der Waals surface area contributed by atoms with Crippen molar-refractivity contribution in [3.8, 4) is 5.75 Å². The molecule has 0 aliphatic rings. The van der Waals surface area contributed by atoms with E-state index in [9.17, 15) is 13.2 Å². The Morgan fingerprint density at radius 1 is 1.06 bits per heavy atom. The van der Waals surface area contributed by atoms with E-state index in [0.29, 0.717) is 31.0 Å². The van der Waals surface area contributed by atoms with E-state index in [1.165, 1.54) is 22.7 Å². The van der Waals surface area contributed by atoms with Gasteiger partial charge < -0.3 is 14.8 Å². The minimum absolute atomic E-state index is 0.00699. The van der Waals surface area contributed by atoms with Crippen LogP contribution in [0.15, 0.2) is 76.3 Å². The highest BCUT2D eigenvalue weighted by molar-refractivity contribution is 7.94. The van der Waals surface area contributed by atoms with Gasteiger partial charge in [-0.1, -0.05) is 36.4 Å². The summed E-state index contributed by atoms with van der Waals surface area (Å²) in [6.07, 6.45) is 0.704. The maximum absolute atomic E-state index is 12.6. The second-order valence-corrected chi connectivity index (χ2v) is 10.5. The molecule has 1 N–H and O–H groups in total. The molecule has 9 heteroatoms. The van der Waals surface area contributed by atoms with E-state index in [1.807, 2.05) is 37.3 Å². The second kappa shape index (κ2) is 11.8. The largest absolute Gasteiger partial charge is 0.484 e. The molecule has 0 aliphatic heterocycles. The zero-order valence-electron chi connectivity index (χ0n) is 18.6. The van der Waals surface area contributed by atoms with Crippen molar-refractivity contribution < 1.29 is 22.7 Å². The normalized spacial score (nSPS) is 12.2. The van der Waals surface area contributed by atoms with Crippen molar-refractivity contribution in [3.63, 3.8) is 0 Å². The van der Waals surface area contributed by atoms with Gasteiger partial charge in [0, 0.05) is 20.2 Å². The van der Waals surface area contributed by atoms with Gasteiger partial charge in [-0.3, -0.25) is 9.10 Å². The van der Waals surface area contributed by atoms with Crippen molar-refractivity contribution in [2.75, 3.05) is 31.1 Å². The number of benzene rings is 2. The second-order valence-electron chi connectivity index (χ2n) is 7.31. The quantitative estimate of drug-likeness (QED) is 0.386. The van der Waals surface area contributed by atoms with Crippen LogP contribution in [0.1, 0.15) is 25.0 Å². The van der Waals surface area contributed by atoms with Gasteiger partial charge in [0.05, 0.1) is 11.8 Å². The Hall–Kier alpha value is -2.88. The predicted octanol–water partition coefficient (Wildman–Crippen LogP) is 4.24. The molecule has 3 aromatic rings. The average Bonchev–Trinajstić information content (AvgIpc) is 3.39. The first-order valence-electron chi connectivity index (χ1n) is 10.6. The lowest BCUT2D eigenvalue weighted by Gasteiger charge is -2.18. The van der Waals surface area contributed by atoms with Crippen LogP contribution in [0.25, 0.3) is 0 Å². The highest BCUT2D eigenvalue weighted by Crippen LogP contribution is 2.26. The van der Waals surface area contributed by atoms with E-state index in [0.717, 1.165) is 5.56 Å². The molecule has 3 rings (SSSR count). The van der Waals surface area contributed by atoms with Crippen molar-refractivity contribution in [1.82, 2.24) is 5.32 Å². The minimum Gasteiger partial charge on any atom is -0.484 e. The zero-order chi connectivity index (χ0) is 23.7. The van der Waals surface area contributed by atoms with Gasteiger partial charge in [0.2, 0.25) is 0 Å². The summed E-state index contributed by atoms with van der Waals surface area (Å²) in [6.45, 7) is 2.92. The Morgan fingerprint density at radius 2 is 1.79 bits per heavy atom. The van der Waals surface area contributed by atoms with E-state index in [-0.39, 0.29) is 22.8 Å². The SMILES string of the molecule is CC(OCCCNC(=O)COc1ccc(N(C)S(=O)(=O)c2cccs2)cc1)c1ccccc1. The maximum Gasteiger partial charge on any atom is 0.273 e. The third kappa shape index (κ3) is 7.05. The summed E-state index contributed by atoms with van der Waals surface area (Å²) >= 11 is 1.17. The van der Waals surface area contributed by atoms with Crippen LogP contribution >= 0.6 is 11.3 Å². The fraction of sp³-hybridized carbons (Fsp3) is 0.292. The first-order chi connectivity index (χ1) is 15.9. The van der Waals surface area contributed by atoms with Gasteiger partial charge >= 0.3 is 0 Å². The summed E-state index contributed by atoms with van der Waals surface area (Å²) in [5, 5.41) is 4.52. The van der Waals surface area contributed by atoms with Crippen LogP contribution in [0.2, 0.25) is 0 Å². The number of hydrogen-bond donors (Lipinski definition) is 1. The molecule has 1 amide bonds. The number of carbonyl (C=O) groups excluding carboxylic acids is 1. The molecule has 1 atom stereocenters. The average molecular weight is 489 g/mol. The van der Waals surface area contributed by atoms with Crippen LogP contribution in [0.3, 0.4) is 0 Å². The van der Waals surface area contributed by atoms with Gasteiger partial charge in [-0.2, -0.15) is 0 Å². The molecule has 0 aliphatic carbocycles. The lowest BCUT2D eigenvalue weighted by molar-refractivity contribution is -0.123. The fourth-order valence-electron chi connectivity index (χ4n) is 3.02. The Labute approximate surface area is 199 Å². The van der Waals surface area contributed by atoms with Gasteiger partial charge in [-0.15, -0.1) is 11.3 Å². The van der Waals surface area contributed by atoms with Gasteiger partial charge in [-0.25, -0.2) is 8.42 Å². The summed E-state index contributed by atoms with van der Waals surface area (Å²) in [5.41, 5.74) is 1.63. The molecule has 0 bridgehead atoms. The number of nitrogens with one attached hydrogen (secondary N) is 1. The standard InChI is InChI=1S/C24H28N2O5S2/c1-19(20-8-4-3-5-9-20)30-16-7-15-25-23(27)18-31-22-13-11-21(12-14-22)26(2)33(28,29)24-10-6-17-32-24/h3-6,8-14,17,19H,7,15-16,18H2,1-2H3,(H,25,27). The lowest BCUT2D eigenvalue weighted by Crippen LogP contribution is -2.30.